The topological polar surface area (TPSA) is 29.9 Å². The third-order valence-corrected chi connectivity index (χ3v) is 3.28. The summed E-state index contributed by atoms with van der Waals surface area (Å²) in [6.45, 7) is 2.47. The van der Waals surface area contributed by atoms with Gasteiger partial charge in [0.25, 0.3) is 0 Å². The Kier molecular flexibility index (Phi) is 4.32. The molecule has 0 spiro atoms. The molecular formula is C14H15F4N3. The van der Waals surface area contributed by atoms with Gasteiger partial charge in [0.15, 0.2) is 0 Å². The van der Waals surface area contributed by atoms with Crippen molar-refractivity contribution in [3.05, 3.63) is 53.4 Å². The van der Waals surface area contributed by atoms with Crippen molar-refractivity contribution in [1.82, 2.24) is 14.9 Å². The van der Waals surface area contributed by atoms with Gasteiger partial charge in [-0.25, -0.2) is 9.37 Å². The molecule has 114 valence electrons. The van der Waals surface area contributed by atoms with E-state index in [9.17, 15) is 17.6 Å². The summed E-state index contributed by atoms with van der Waals surface area (Å²) in [6.07, 6.45) is -1.49. The summed E-state index contributed by atoms with van der Waals surface area (Å²) < 4.78 is 54.4. The van der Waals surface area contributed by atoms with Gasteiger partial charge in [0.2, 0.25) is 0 Å². The van der Waals surface area contributed by atoms with Gasteiger partial charge in [0, 0.05) is 24.5 Å². The van der Waals surface area contributed by atoms with Gasteiger partial charge in [-0.2, -0.15) is 13.2 Å². The van der Waals surface area contributed by atoms with Crippen molar-refractivity contribution in [2.75, 3.05) is 7.05 Å². The van der Waals surface area contributed by atoms with Crippen LogP contribution in [0.25, 0.3) is 0 Å². The van der Waals surface area contributed by atoms with Crippen LogP contribution >= 0.6 is 0 Å². The van der Waals surface area contributed by atoms with Crippen molar-refractivity contribution in [2.24, 2.45) is 0 Å². The zero-order valence-electron chi connectivity index (χ0n) is 11.6. The Balaban J connectivity index is 2.54. The number of imidazole rings is 1. The fraction of sp³-hybridized carbons (Fsp3) is 0.357. The van der Waals surface area contributed by atoms with E-state index in [1.807, 2.05) is 6.92 Å². The molecule has 2 aromatic rings. The molecule has 0 fully saturated rings. The van der Waals surface area contributed by atoms with Crippen LogP contribution in [0.3, 0.4) is 0 Å². The minimum Gasteiger partial charge on any atom is -0.334 e. The lowest BCUT2D eigenvalue weighted by molar-refractivity contribution is -0.140. The van der Waals surface area contributed by atoms with Gasteiger partial charge in [-0.15, -0.1) is 0 Å². The first-order valence-electron chi connectivity index (χ1n) is 6.44. The second kappa shape index (κ2) is 5.85. The van der Waals surface area contributed by atoms with Crippen LogP contribution in [0, 0.1) is 5.82 Å². The summed E-state index contributed by atoms with van der Waals surface area (Å²) in [5.74, 6) is -0.798. The molecule has 1 aromatic carbocycles. The average Bonchev–Trinajstić information content (AvgIpc) is 2.88. The molecule has 7 heteroatoms. The summed E-state index contributed by atoms with van der Waals surface area (Å²) in [5.41, 5.74) is -1.34. The van der Waals surface area contributed by atoms with Crippen molar-refractivity contribution in [1.29, 1.82) is 0 Å². The van der Waals surface area contributed by atoms with Crippen LogP contribution in [-0.2, 0) is 12.7 Å². The molecule has 1 N–H and O–H groups in total. The van der Waals surface area contributed by atoms with Crippen molar-refractivity contribution in [3.63, 3.8) is 0 Å². The summed E-state index contributed by atoms with van der Waals surface area (Å²) in [6, 6.07) is 2.52. The predicted molar refractivity (Wildman–Crippen MR) is 70.2 cm³/mol. The molecule has 3 nitrogen and oxygen atoms in total. The van der Waals surface area contributed by atoms with Gasteiger partial charge < -0.3 is 9.88 Å². The monoisotopic (exact) mass is 301 g/mol. The van der Waals surface area contributed by atoms with Crippen LogP contribution < -0.4 is 5.32 Å². The maximum absolute atomic E-state index is 14.2. The number of halogens is 4. The molecular weight excluding hydrogens is 286 g/mol. The summed E-state index contributed by atoms with van der Waals surface area (Å²) in [5, 5.41) is 2.82. The largest absolute Gasteiger partial charge is 0.419 e. The first-order chi connectivity index (χ1) is 9.90. The first kappa shape index (κ1) is 15.5. The molecule has 1 unspecified atom stereocenters. The Morgan fingerprint density at radius 3 is 2.62 bits per heavy atom. The van der Waals surface area contributed by atoms with E-state index in [1.165, 1.54) is 18.3 Å². The van der Waals surface area contributed by atoms with E-state index < -0.39 is 23.6 Å². The minimum absolute atomic E-state index is 0.0757. The number of aryl methyl sites for hydroxylation is 1. The molecule has 0 aliphatic rings. The van der Waals surface area contributed by atoms with Crippen LogP contribution in [0.2, 0.25) is 0 Å². The maximum atomic E-state index is 14.2. The number of benzene rings is 1. The normalized spacial score (nSPS) is 13.4. The van der Waals surface area contributed by atoms with Crippen LogP contribution in [0.1, 0.15) is 29.9 Å². The van der Waals surface area contributed by atoms with Gasteiger partial charge in [0.1, 0.15) is 11.6 Å². The molecule has 0 aliphatic carbocycles. The molecule has 1 aromatic heterocycles. The Morgan fingerprint density at radius 2 is 2.05 bits per heavy atom. The highest BCUT2D eigenvalue weighted by Gasteiger charge is 2.36. The van der Waals surface area contributed by atoms with E-state index in [2.05, 4.69) is 10.3 Å². The Morgan fingerprint density at radius 1 is 1.33 bits per heavy atom. The van der Waals surface area contributed by atoms with Crippen LogP contribution in [0.4, 0.5) is 17.6 Å². The molecule has 0 bridgehead atoms. The zero-order chi connectivity index (χ0) is 15.6. The number of aromatic nitrogens is 2. The summed E-state index contributed by atoms with van der Waals surface area (Å²) >= 11 is 0. The summed E-state index contributed by atoms with van der Waals surface area (Å²) in [4.78, 5) is 4.12. The number of nitrogens with one attached hydrogen (secondary N) is 1. The predicted octanol–water partition coefficient (Wildman–Crippen LogP) is 3.37. The maximum Gasteiger partial charge on any atom is 0.419 e. The second-order valence-electron chi connectivity index (χ2n) is 4.50. The fourth-order valence-electron chi connectivity index (χ4n) is 2.26. The van der Waals surface area contributed by atoms with Gasteiger partial charge >= 0.3 is 6.18 Å². The van der Waals surface area contributed by atoms with E-state index in [1.54, 1.807) is 17.8 Å². The van der Waals surface area contributed by atoms with Crippen LogP contribution in [0.15, 0.2) is 30.6 Å². The smallest absolute Gasteiger partial charge is 0.334 e. The molecule has 1 atom stereocenters. The zero-order valence-corrected chi connectivity index (χ0v) is 11.6. The van der Waals surface area contributed by atoms with E-state index in [4.69, 9.17) is 0 Å². The molecule has 0 amide bonds. The van der Waals surface area contributed by atoms with E-state index in [0.717, 1.165) is 6.07 Å². The minimum atomic E-state index is -4.72. The van der Waals surface area contributed by atoms with Crippen molar-refractivity contribution in [3.8, 4) is 0 Å². The summed E-state index contributed by atoms with van der Waals surface area (Å²) in [7, 11) is 1.55. The first-order valence-corrected chi connectivity index (χ1v) is 6.44. The highest BCUT2D eigenvalue weighted by molar-refractivity contribution is 5.33. The molecule has 0 saturated heterocycles. The lowest BCUT2D eigenvalue weighted by Crippen LogP contribution is -2.24. The average molecular weight is 301 g/mol. The molecule has 0 saturated carbocycles. The fourth-order valence-corrected chi connectivity index (χ4v) is 2.26. The molecule has 1 heterocycles. The number of hydrogen-bond donors (Lipinski definition) is 1. The van der Waals surface area contributed by atoms with E-state index in [-0.39, 0.29) is 5.56 Å². The lowest BCUT2D eigenvalue weighted by atomic mass is 10.0. The quantitative estimate of drug-likeness (QED) is 0.878. The lowest BCUT2D eigenvalue weighted by Gasteiger charge is -2.20. The number of rotatable bonds is 4. The third-order valence-electron chi connectivity index (χ3n) is 3.28. The van der Waals surface area contributed by atoms with Crippen molar-refractivity contribution < 1.29 is 17.6 Å². The number of alkyl halides is 3. The van der Waals surface area contributed by atoms with Crippen molar-refractivity contribution in [2.45, 2.75) is 25.7 Å². The van der Waals surface area contributed by atoms with Crippen molar-refractivity contribution >= 4 is 0 Å². The third kappa shape index (κ3) is 2.92. The number of hydrogen-bond acceptors (Lipinski definition) is 2. The highest BCUT2D eigenvalue weighted by atomic mass is 19.4. The van der Waals surface area contributed by atoms with Crippen LogP contribution in [-0.4, -0.2) is 16.6 Å². The Hall–Kier alpha value is -1.89. The molecule has 0 radical (unpaired) electrons. The highest BCUT2D eigenvalue weighted by Crippen LogP contribution is 2.34. The standard InChI is InChI=1S/C14H15F4N3/c1-3-21-8-7-20-13(21)12(19-2)9-5-4-6-10(11(9)15)14(16,17)18/h4-8,12,19H,3H2,1-2H3. The van der Waals surface area contributed by atoms with Crippen LogP contribution in [0.5, 0.6) is 0 Å². The Labute approximate surface area is 119 Å². The van der Waals surface area contributed by atoms with E-state index >= 15 is 0 Å². The molecule has 0 aliphatic heterocycles. The Bertz CT molecular complexity index is 619. The van der Waals surface area contributed by atoms with Gasteiger partial charge in [0.05, 0.1) is 11.6 Å². The second-order valence-corrected chi connectivity index (χ2v) is 4.50. The molecule has 21 heavy (non-hydrogen) atoms. The SMILES string of the molecule is CCn1ccnc1C(NC)c1cccc(C(F)(F)F)c1F. The number of nitrogens with zero attached hydrogens (tertiary/aromatic N) is 2. The molecule has 2 rings (SSSR count). The van der Waals surface area contributed by atoms with Gasteiger partial charge in [-0.1, -0.05) is 12.1 Å². The van der Waals surface area contributed by atoms with Gasteiger partial charge in [-0.3, -0.25) is 0 Å². The van der Waals surface area contributed by atoms with Gasteiger partial charge in [-0.05, 0) is 20.0 Å². The van der Waals surface area contributed by atoms with E-state index in [0.29, 0.717) is 12.4 Å².